The van der Waals surface area contributed by atoms with Gasteiger partial charge in [-0.3, -0.25) is 4.79 Å². The van der Waals surface area contributed by atoms with Crippen molar-refractivity contribution in [3.05, 3.63) is 25.3 Å². The molecule has 0 aromatic carbocycles. The summed E-state index contributed by atoms with van der Waals surface area (Å²) in [6, 6.07) is 0. The van der Waals surface area contributed by atoms with E-state index < -0.39 is 0 Å². The van der Waals surface area contributed by atoms with Crippen LogP contribution in [0.25, 0.3) is 0 Å². The topological polar surface area (TPSA) is 29.1 Å². The molecule has 1 N–H and O–H groups in total. The van der Waals surface area contributed by atoms with E-state index >= 15 is 0 Å². The van der Waals surface area contributed by atoms with Crippen LogP contribution in [0.15, 0.2) is 25.3 Å². The van der Waals surface area contributed by atoms with E-state index in [1.807, 2.05) is 27.7 Å². The van der Waals surface area contributed by atoms with Crippen molar-refractivity contribution in [2.75, 3.05) is 13.3 Å². The molecule has 0 aromatic heterocycles. The van der Waals surface area contributed by atoms with Crippen LogP contribution in [0.4, 0.5) is 0 Å². The van der Waals surface area contributed by atoms with Crippen molar-refractivity contribution in [2.24, 2.45) is 0 Å². The normalized spacial score (nSPS) is 4.80. The molecular weight excluding hydrogens is 206 g/mol. The maximum atomic E-state index is 9.70. The second-order valence-corrected chi connectivity index (χ2v) is 1.28. The van der Waals surface area contributed by atoms with Crippen LogP contribution in [0.2, 0.25) is 0 Å². The minimum atomic E-state index is 0.00463. The second kappa shape index (κ2) is 71.6. The summed E-state index contributed by atoms with van der Waals surface area (Å²) >= 11 is 3.53. The third-order valence-electron chi connectivity index (χ3n) is 0.519. The Labute approximate surface area is 102 Å². The number of amides is 1. The first-order valence-electron chi connectivity index (χ1n) is 5.05. The molecule has 0 saturated carbocycles. The lowest BCUT2D eigenvalue weighted by atomic mass is 10.6. The largest absolute Gasteiger partial charge is 0.359 e. The van der Waals surface area contributed by atoms with Crippen molar-refractivity contribution >= 4 is 18.5 Å². The molecule has 15 heavy (non-hydrogen) atoms. The number of carbonyl (C=O) groups is 1. The summed E-state index contributed by atoms with van der Waals surface area (Å²) < 4.78 is 0. The van der Waals surface area contributed by atoms with Crippen molar-refractivity contribution in [1.82, 2.24) is 5.32 Å². The Morgan fingerprint density at radius 1 is 1.07 bits per heavy atom. The molecule has 0 heterocycles. The molecule has 0 spiro atoms. The molecule has 0 unspecified atom stereocenters. The lowest BCUT2D eigenvalue weighted by molar-refractivity contribution is -0.118. The third kappa shape index (κ3) is 321. The number of nitrogens with one attached hydrogen (secondary N) is 1. The molecule has 0 saturated heterocycles. The maximum absolute atomic E-state index is 9.70. The summed E-state index contributed by atoms with van der Waals surface area (Å²) in [5, 5.41) is 2.39. The van der Waals surface area contributed by atoms with Crippen LogP contribution in [0, 0.1) is 0 Å². The lowest BCUT2D eigenvalue weighted by Gasteiger charge is -1.80. The van der Waals surface area contributed by atoms with Crippen LogP contribution in [0.3, 0.4) is 0 Å². The Kier molecular flexibility index (Phi) is 140. The average molecular weight is 235 g/mol. The first-order chi connectivity index (χ1) is 7.18. The second-order valence-electron chi connectivity index (χ2n) is 1.28. The van der Waals surface area contributed by atoms with Gasteiger partial charge in [0.25, 0.3) is 0 Å². The van der Waals surface area contributed by atoms with Crippen molar-refractivity contribution < 1.29 is 4.79 Å². The van der Waals surface area contributed by atoms with Gasteiger partial charge in [0.15, 0.2) is 0 Å². The van der Waals surface area contributed by atoms with Crippen LogP contribution in [0.5, 0.6) is 0 Å². The molecule has 0 atom stereocenters. The monoisotopic (exact) mass is 235 g/mol. The summed E-state index contributed by atoms with van der Waals surface area (Å²) in [6.45, 7) is 16.2. The van der Waals surface area contributed by atoms with Gasteiger partial charge in [0.2, 0.25) is 5.91 Å². The third-order valence-corrected chi connectivity index (χ3v) is 0.519. The van der Waals surface area contributed by atoms with Gasteiger partial charge in [-0.2, -0.15) is 12.6 Å². The van der Waals surface area contributed by atoms with Gasteiger partial charge in [0.1, 0.15) is 0 Å². The van der Waals surface area contributed by atoms with Crippen LogP contribution in [-0.4, -0.2) is 19.2 Å². The highest BCUT2D eigenvalue weighted by molar-refractivity contribution is 7.79. The van der Waals surface area contributed by atoms with Crippen LogP contribution in [0.1, 0.15) is 34.6 Å². The number of carbonyl (C=O) groups excluding carboxylic acids is 1. The molecule has 0 aliphatic carbocycles. The summed E-state index contributed by atoms with van der Waals surface area (Å²) in [5.74, 6) is 0.00463. The number of allylic oxidation sites excluding steroid dienone is 2. The van der Waals surface area contributed by atoms with E-state index in [4.69, 9.17) is 0 Å². The van der Waals surface area contributed by atoms with Crippen LogP contribution < -0.4 is 5.32 Å². The molecule has 0 rings (SSSR count). The number of hydrogen-bond acceptors (Lipinski definition) is 2. The van der Waals surface area contributed by atoms with Crippen molar-refractivity contribution in [3.8, 4) is 0 Å². The molecule has 2 nitrogen and oxygen atoms in total. The van der Waals surface area contributed by atoms with Crippen molar-refractivity contribution in [3.63, 3.8) is 0 Å². The average Bonchev–Trinajstić information content (AvgIpc) is 2.36. The van der Waals surface area contributed by atoms with Crippen molar-refractivity contribution in [1.29, 1.82) is 0 Å². The zero-order valence-electron chi connectivity index (χ0n) is 11.4. The Morgan fingerprint density at radius 2 is 1.20 bits per heavy atom. The number of hydrogen-bond donors (Lipinski definition) is 2. The van der Waals surface area contributed by atoms with Gasteiger partial charge in [-0.05, 0) is 6.26 Å². The fraction of sp³-hybridized carbons (Fsp3) is 0.583. The van der Waals surface area contributed by atoms with Crippen LogP contribution in [-0.2, 0) is 4.79 Å². The first-order valence-corrected chi connectivity index (χ1v) is 5.95. The predicted molar refractivity (Wildman–Crippen MR) is 77.7 cm³/mol. The Bertz CT molecular complexity index is 97.8. The van der Waals surface area contributed by atoms with E-state index in [0.29, 0.717) is 0 Å². The zero-order valence-corrected chi connectivity index (χ0v) is 12.3. The zero-order chi connectivity index (χ0) is 13.7. The van der Waals surface area contributed by atoms with Gasteiger partial charge in [0.05, 0.1) is 0 Å². The molecule has 0 aliphatic heterocycles. The molecular formula is C12H29NOS. The van der Waals surface area contributed by atoms with Crippen LogP contribution >= 0.6 is 12.6 Å². The highest BCUT2D eigenvalue weighted by Crippen LogP contribution is 1.52. The van der Waals surface area contributed by atoms with Gasteiger partial charge < -0.3 is 5.32 Å². The molecule has 0 fully saturated rings. The highest BCUT2D eigenvalue weighted by Gasteiger charge is 1.72. The fourth-order valence-corrected chi connectivity index (χ4v) is 0. The van der Waals surface area contributed by atoms with E-state index in [0.717, 1.165) is 0 Å². The SMILES string of the molecule is C=CC=C.CC.CC.CNC(C)=O.CS. The Balaban J connectivity index is -0.0000000301. The summed E-state index contributed by atoms with van der Waals surface area (Å²) in [6.07, 6.45) is 4.97. The summed E-state index contributed by atoms with van der Waals surface area (Å²) in [5.41, 5.74) is 0. The Morgan fingerprint density at radius 3 is 1.20 bits per heavy atom. The summed E-state index contributed by atoms with van der Waals surface area (Å²) in [7, 11) is 1.60. The van der Waals surface area contributed by atoms with Gasteiger partial charge in [-0.1, -0.05) is 53.0 Å². The molecule has 0 bridgehead atoms. The smallest absolute Gasteiger partial charge is 0.216 e. The van der Waals surface area contributed by atoms with Gasteiger partial charge >= 0.3 is 0 Å². The highest BCUT2D eigenvalue weighted by atomic mass is 32.1. The minimum Gasteiger partial charge on any atom is -0.359 e. The number of thiol groups is 1. The van der Waals surface area contributed by atoms with Gasteiger partial charge in [-0.15, -0.1) is 0 Å². The summed E-state index contributed by atoms with van der Waals surface area (Å²) in [4.78, 5) is 9.70. The van der Waals surface area contributed by atoms with Crippen molar-refractivity contribution in [2.45, 2.75) is 34.6 Å². The maximum Gasteiger partial charge on any atom is 0.216 e. The molecule has 0 aliphatic rings. The first kappa shape index (κ1) is 29.2. The molecule has 94 valence electrons. The Hall–Kier alpha value is -0.700. The van der Waals surface area contributed by atoms with E-state index in [2.05, 4.69) is 31.1 Å². The number of rotatable bonds is 1. The predicted octanol–water partition coefficient (Wildman–Crippen LogP) is 3.71. The fourth-order valence-electron chi connectivity index (χ4n) is 0. The van der Waals surface area contributed by atoms with E-state index in [1.54, 1.807) is 25.5 Å². The molecule has 3 heteroatoms. The molecule has 1 amide bonds. The molecule has 0 aromatic rings. The lowest BCUT2D eigenvalue weighted by Crippen LogP contribution is -2.11. The van der Waals surface area contributed by atoms with Gasteiger partial charge in [-0.25, -0.2) is 0 Å². The minimum absolute atomic E-state index is 0.00463. The van der Waals surface area contributed by atoms with E-state index in [-0.39, 0.29) is 5.91 Å². The standard InChI is InChI=1S/C4H6.C3H7NO.2C2H6.CH4S/c1-3-4-2;1-3(5)4-2;3*1-2/h3-4H,1-2H2;1-2H3,(H,4,5);2*1-2H3;2H,1H3. The van der Waals surface area contributed by atoms with E-state index in [9.17, 15) is 4.79 Å². The van der Waals surface area contributed by atoms with E-state index in [1.165, 1.54) is 6.92 Å². The quantitative estimate of drug-likeness (QED) is 0.526. The molecule has 0 radical (unpaired) electrons. The van der Waals surface area contributed by atoms with Gasteiger partial charge in [0, 0.05) is 14.0 Å².